The molecule has 1 heterocycles. The highest BCUT2D eigenvalue weighted by atomic mass is 79.9. The van der Waals surface area contributed by atoms with Gasteiger partial charge in [-0.1, -0.05) is 48.5 Å². The molecule has 0 unspecified atom stereocenters. The van der Waals surface area contributed by atoms with Crippen molar-refractivity contribution in [1.82, 2.24) is 4.57 Å². The zero-order valence-electron chi connectivity index (χ0n) is 15.9. The molecular weight excluding hydrogens is 424 g/mol. The monoisotopic (exact) mass is 444 g/mol. The molecule has 0 aliphatic carbocycles. The summed E-state index contributed by atoms with van der Waals surface area (Å²) in [4.78, 5) is 25.2. The molecule has 0 atom stereocenters. The first-order chi connectivity index (χ1) is 13.3. The standard InChI is InChI=1S/C21H21BrN2O4/c1-21(2,3)28-20(26)24-16-12-8-7-11-15(16)17(22)18(24)23-19(25)27-13-14-9-5-4-6-10-14/h4-12H,13H2,1-3H3,(H,23,25). The number of carbonyl (C=O) groups is 2. The average Bonchev–Trinajstić information content (AvgIpc) is 2.92. The van der Waals surface area contributed by atoms with Gasteiger partial charge in [0, 0.05) is 5.39 Å². The normalized spacial score (nSPS) is 11.3. The molecule has 0 saturated carbocycles. The average molecular weight is 445 g/mol. The number of hydrogen-bond acceptors (Lipinski definition) is 4. The van der Waals surface area contributed by atoms with Crippen molar-refractivity contribution in [2.24, 2.45) is 0 Å². The lowest BCUT2D eigenvalue weighted by Crippen LogP contribution is -2.28. The second-order valence-electron chi connectivity index (χ2n) is 7.18. The third-order valence-electron chi connectivity index (χ3n) is 3.82. The SMILES string of the molecule is CC(C)(C)OC(=O)n1c(NC(=O)OCc2ccccc2)c(Br)c2ccccc21. The van der Waals surface area contributed by atoms with E-state index >= 15 is 0 Å². The van der Waals surface area contributed by atoms with Crippen LogP contribution in [0.3, 0.4) is 0 Å². The van der Waals surface area contributed by atoms with Crippen molar-refractivity contribution in [3.05, 3.63) is 64.6 Å². The molecule has 6 nitrogen and oxygen atoms in total. The third kappa shape index (κ3) is 4.54. The second kappa shape index (κ2) is 8.06. The van der Waals surface area contributed by atoms with Gasteiger partial charge in [0.15, 0.2) is 0 Å². The molecule has 1 aromatic heterocycles. The highest BCUT2D eigenvalue weighted by Crippen LogP contribution is 2.35. The van der Waals surface area contributed by atoms with Crippen LogP contribution in [0.25, 0.3) is 10.9 Å². The molecule has 1 N–H and O–H groups in total. The van der Waals surface area contributed by atoms with Crippen LogP contribution >= 0.6 is 15.9 Å². The van der Waals surface area contributed by atoms with Crippen molar-refractivity contribution in [2.45, 2.75) is 33.0 Å². The van der Waals surface area contributed by atoms with Gasteiger partial charge in [0.1, 0.15) is 18.0 Å². The molecule has 0 aliphatic heterocycles. The predicted molar refractivity (Wildman–Crippen MR) is 112 cm³/mol. The molecule has 0 fully saturated rings. The van der Waals surface area contributed by atoms with Gasteiger partial charge in [-0.15, -0.1) is 0 Å². The Balaban J connectivity index is 1.89. The lowest BCUT2D eigenvalue weighted by Gasteiger charge is -2.21. The predicted octanol–water partition coefficient (Wildman–Crippen LogP) is 5.94. The Morgan fingerprint density at radius 1 is 1.04 bits per heavy atom. The summed E-state index contributed by atoms with van der Waals surface area (Å²) >= 11 is 3.48. The number of hydrogen-bond donors (Lipinski definition) is 1. The Labute approximate surface area is 171 Å². The van der Waals surface area contributed by atoms with Crippen molar-refractivity contribution in [3.8, 4) is 0 Å². The van der Waals surface area contributed by atoms with Gasteiger partial charge >= 0.3 is 12.2 Å². The first-order valence-electron chi connectivity index (χ1n) is 8.76. The Hall–Kier alpha value is -2.80. The van der Waals surface area contributed by atoms with Gasteiger partial charge in [0.2, 0.25) is 0 Å². The maximum absolute atomic E-state index is 12.8. The van der Waals surface area contributed by atoms with Gasteiger partial charge in [-0.2, -0.15) is 0 Å². The molecule has 1 amide bonds. The zero-order valence-corrected chi connectivity index (χ0v) is 17.4. The van der Waals surface area contributed by atoms with E-state index in [1.807, 2.05) is 48.5 Å². The van der Waals surface area contributed by atoms with Crippen molar-refractivity contribution < 1.29 is 19.1 Å². The number of halogens is 1. The Bertz CT molecular complexity index is 1010. The summed E-state index contributed by atoms with van der Waals surface area (Å²) < 4.78 is 12.7. The van der Waals surface area contributed by atoms with Crippen LogP contribution in [0.4, 0.5) is 15.4 Å². The van der Waals surface area contributed by atoms with Crippen LogP contribution in [0.1, 0.15) is 26.3 Å². The van der Waals surface area contributed by atoms with Crippen LogP contribution in [-0.4, -0.2) is 22.4 Å². The van der Waals surface area contributed by atoms with E-state index in [4.69, 9.17) is 9.47 Å². The van der Waals surface area contributed by atoms with Crippen molar-refractivity contribution in [2.75, 3.05) is 5.32 Å². The van der Waals surface area contributed by atoms with Crippen LogP contribution in [0, 0.1) is 0 Å². The zero-order chi connectivity index (χ0) is 20.3. The maximum atomic E-state index is 12.8. The second-order valence-corrected chi connectivity index (χ2v) is 7.98. The highest BCUT2D eigenvalue weighted by molar-refractivity contribution is 9.10. The molecule has 2 aromatic carbocycles. The number of anilines is 1. The fraction of sp³-hybridized carbons (Fsp3) is 0.238. The first-order valence-corrected chi connectivity index (χ1v) is 9.55. The summed E-state index contributed by atoms with van der Waals surface area (Å²) in [5.41, 5.74) is 0.798. The van der Waals surface area contributed by atoms with E-state index in [1.165, 1.54) is 4.57 Å². The summed E-state index contributed by atoms with van der Waals surface area (Å²) in [7, 11) is 0. The number of nitrogens with zero attached hydrogens (tertiary/aromatic N) is 1. The number of para-hydroxylation sites is 1. The third-order valence-corrected chi connectivity index (χ3v) is 4.62. The van der Waals surface area contributed by atoms with Crippen molar-refractivity contribution in [3.63, 3.8) is 0 Å². The van der Waals surface area contributed by atoms with Gasteiger partial charge in [-0.25, -0.2) is 14.2 Å². The van der Waals surface area contributed by atoms with E-state index in [2.05, 4.69) is 21.2 Å². The summed E-state index contributed by atoms with van der Waals surface area (Å²) in [5.74, 6) is 0.258. The van der Waals surface area contributed by atoms with Gasteiger partial charge in [0.25, 0.3) is 0 Å². The number of rotatable bonds is 3. The first kappa shape index (κ1) is 19.9. The van der Waals surface area contributed by atoms with E-state index in [0.29, 0.717) is 9.99 Å². The molecule has 146 valence electrons. The van der Waals surface area contributed by atoms with Crippen LogP contribution in [0.15, 0.2) is 59.1 Å². The number of ether oxygens (including phenoxy) is 2. The lowest BCUT2D eigenvalue weighted by molar-refractivity contribution is 0.0548. The topological polar surface area (TPSA) is 69.6 Å². The fourth-order valence-corrected chi connectivity index (χ4v) is 3.28. The van der Waals surface area contributed by atoms with Gasteiger partial charge in [-0.3, -0.25) is 5.32 Å². The van der Waals surface area contributed by atoms with Gasteiger partial charge < -0.3 is 9.47 Å². The fourth-order valence-electron chi connectivity index (χ4n) is 2.66. The maximum Gasteiger partial charge on any atom is 0.420 e. The molecule has 28 heavy (non-hydrogen) atoms. The Kier molecular flexibility index (Phi) is 5.74. The van der Waals surface area contributed by atoms with E-state index in [-0.39, 0.29) is 12.4 Å². The minimum absolute atomic E-state index is 0.122. The molecule has 0 radical (unpaired) electrons. The Morgan fingerprint density at radius 3 is 2.36 bits per heavy atom. The van der Waals surface area contributed by atoms with Crippen LogP contribution in [-0.2, 0) is 16.1 Å². The minimum Gasteiger partial charge on any atom is -0.444 e. The molecular formula is C21H21BrN2O4. The number of amides is 1. The number of fused-ring (bicyclic) bond motifs is 1. The van der Waals surface area contributed by atoms with Crippen LogP contribution < -0.4 is 5.32 Å². The number of carbonyl (C=O) groups excluding carboxylic acids is 2. The van der Waals surface area contributed by atoms with Gasteiger partial charge in [-0.05, 0) is 48.3 Å². The van der Waals surface area contributed by atoms with Crippen LogP contribution in [0.2, 0.25) is 0 Å². The Morgan fingerprint density at radius 2 is 1.68 bits per heavy atom. The van der Waals surface area contributed by atoms with Crippen molar-refractivity contribution >= 4 is 44.8 Å². The summed E-state index contributed by atoms with van der Waals surface area (Å²) in [5, 5.41) is 3.43. The molecule has 0 aliphatic rings. The largest absolute Gasteiger partial charge is 0.444 e. The van der Waals surface area contributed by atoms with E-state index in [9.17, 15) is 9.59 Å². The van der Waals surface area contributed by atoms with E-state index in [0.717, 1.165) is 10.9 Å². The van der Waals surface area contributed by atoms with E-state index < -0.39 is 17.8 Å². The molecule has 0 saturated heterocycles. The molecule has 3 aromatic rings. The van der Waals surface area contributed by atoms with Gasteiger partial charge in [0.05, 0.1) is 9.99 Å². The smallest absolute Gasteiger partial charge is 0.420 e. The number of benzene rings is 2. The number of aromatic nitrogens is 1. The molecule has 0 bridgehead atoms. The highest BCUT2D eigenvalue weighted by Gasteiger charge is 2.26. The van der Waals surface area contributed by atoms with Crippen LogP contribution in [0.5, 0.6) is 0 Å². The lowest BCUT2D eigenvalue weighted by atomic mass is 10.2. The summed E-state index contributed by atoms with van der Waals surface area (Å²) in [6.45, 7) is 5.48. The van der Waals surface area contributed by atoms with E-state index in [1.54, 1.807) is 26.8 Å². The summed E-state index contributed by atoms with van der Waals surface area (Å²) in [6.07, 6.45) is -1.26. The number of nitrogens with one attached hydrogen (secondary N) is 1. The quantitative estimate of drug-likeness (QED) is 0.542. The van der Waals surface area contributed by atoms with Crippen molar-refractivity contribution in [1.29, 1.82) is 0 Å². The molecule has 3 rings (SSSR count). The molecule has 7 heteroatoms. The summed E-state index contributed by atoms with van der Waals surface area (Å²) in [6, 6.07) is 16.6. The molecule has 0 spiro atoms. The minimum atomic E-state index is -0.681.